The van der Waals surface area contributed by atoms with Crippen molar-refractivity contribution < 1.29 is 9.59 Å². The topological polar surface area (TPSA) is 80.1 Å². The molecule has 1 aliphatic heterocycles. The lowest BCUT2D eigenvalue weighted by Crippen LogP contribution is -2.50. The molecule has 0 saturated carbocycles. The van der Waals surface area contributed by atoms with Crippen LogP contribution >= 0.6 is 0 Å². The van der Waals surface area contributed by atoms with Crippen LogP contribution in [0.15, 0.2) is 43.1 Å². The van der Waals surface area contributed by atoms with E-state index in [2.05, 4.69) is 36.1 Å². The molecule has 2 aromatic rings. The standard InChI is InChI=1S/C21H29N5O2/c1-21(2,3)18(14-25-13-10-22-15-25)24-19(27)16-7-11-26(12-8-16)20(28)17-6-4-5-9-23-17/h4-6,9-10,13,15-16,18H,7-8,11-12,14H2,1-3H3,(H,24,27). The number of hydrogen-bond donors (Lipinski definition) is 1. The van der Waals surface area contributed by atoms with Gasteiger partial charge in [0.1, 0.15) is 5.69 Å². The quantitative estimate of drug-likeness (QED) is 0.860. The number of nitrogens with zero attached hydrogens (tertiary/aromatic N) is 4. The first kappa shape index (κ1) is 20.0. The van der Waals surface area contributed by atoms with Crippen LogP contribution in [0, 0.1) is 11.3 Å². The van der Waals surface area contributed by atoms with Crippen LogP contribution in [0.25, 0.3) is 0 Å². The van der Waals surface area contributed by atoms with Gasteiger partial charge in [-0.25, -0.2) is 4.98 Å². The van der Waals surface area contributed by atoms with Gasteiger partial charge in [-0.2, -0.15) is 0 Å². The maximum Gasteiger partial charge on any atom is 0.272 e. The molecule has 7 nitrogen and oxygen atoms in total. The minimum absolute atomic E-state index is 0.00220. The number of imidazole rings is 1. The van der Waals surface area contributed by atoms with Gasteiger partial charge in [0.05, 0.1) is 12.4 Å². The van der Waals surface area contributed by atoms with Crippen molar-refractivity contribution in [3.63, 3.8) is 0 Å². The number of pyridine rings is 1. The van der Waals surface area contributed by atoms with Crippen LogP contribution in [0.1, 0.15) is 44.1 Å². The first-order valence-corrected chi connectivity index (χ1v) is 9.81. The van der Waals surface area contributed by atoms with Crippen LogP contribution in [0.5, 0.6) is 0 Å². The Balaban J connectivity index is 1.56. The highest BCUT2D eigenvalue weighted by Crippen LogP contribution is 2.24. The number of aromatic nitrogens is 3. The molecule has 2 aromatic heterocycles. The van der Waals surface area contributed by atoms with Crippen LogP contribution in [0.4, 0.5) is 0 Å². The third kappa shape index (κ3) is 4.97. The Morgan fingerprint density at radius 1 is 1.21 bits per heavy atom. The lowest BCUT2D eigenvalue weighted by Gasteiger charge is -2.35. The normalized spacial score (nSPS) is 16.6. The molecule has 0 radical (unpaired) electrons. The minimum Gasteiger partial charge on any atom is -0.351 e. The summed E-state index contributed by atoms with van der Waals surface area (Å²) in [4.78, 5) is 35.4. The zero-order valence-corrected chi connectivity index (χ0v) is 16.8. The zero-order valence-electron chi connectivity index (χ0n) is 16.8. The number of nitrogens with one attached hydrogen (secondary N) is 1. The van der Waals surface area contributed by atoms with Gasteiger partial charge in [0.2, 0.25) is 5.91 Å². The molecule has 0 spiro atoms. The number of piperidine rings is 1. The van der Waals surface area contributed by atoms with Gasteiger partial charge in [-0.05, 0) is 30.4 Å². The van der Waals surface area contributed by atoms with E-state index in [-0.39, 0.29) is 29.2 Å². The van der Waals surface area contributed by atoms with Gasteiger partial charge < -0.3 is 14.8 Å². The van der Waals surface area contributed by atoms with Gasteiger partial charge in [0, 0.05) is 44.1 Å². The second kappa shape index (κ2) is 8.54. The number of carbonyl (C=O) groups excluding carboxylic acids is 2. The van der Waals surface area contributed by atoms with Crippen molar-refractivity contribution >= 4 is 11.8 Å². The molecule has 7 heteroatoms. The molecule has 0 aliphatic carbocycles. The minimum atomic E-state index is -0.0738. The van der Waals surface area contributed by atoms with E-state index < -0.39 is 0 Å². The predicted molar refractivity (Wildman–Crippen MR) is 106 cm³/mol. The largest absolute Gasteiger partial charge is 0.351 e. The molecule has 2 amide bonds. The molecule has 28 heavy (non-hydrogen) atoms. The van der Waals surface area contributed by atoms with Gasteiger partial charge in [-0.1, -0.05) is 26.8 Å². The second-order valence-corrected chi connectivity index (χ2v) is 8.47. The van der Waals surface area contributed by atoms with E-state index in [9.17, 15) is 9.59 Å². The van der Waals surface area contributed by atoms with Crippen LogP contribution in [0.3, 0.4) is 0 Å². The molecule has 1 atom stereocenters. The first-order valence-electron chi connectivity index (χ1n) is 9.81. The van der Waals surface area contributed by atoms with Crippen LogP contribution in [0.2, 0.25) is 0 Å². The van der Waals surface area contributed by atoms with E-state index in [1.54, 1.807) is 35.8 Å². The van der Waals surface area contributed by atoms with Crippen molar-refractivity contribution in [3.8, 4) is 0 Å². The van der Waals surface area contributed by atoms with Crippen molar-refractivity contribution in [1.82, 2.24) is 24.8 Å². The van der Waals surface area contributed by atoms with Gasteiger partial charge in [0.25, 0.3) is 5.91 Å². The molecule has 1 aliphatic rings. The van der Waals surface area contributed by atoms with Crippen molar-refractivity contribution in [1.29, 1.82) is 0 Å². The molecule has 1 N–H and O–H groups in total. The Bertz CT molecular complexity index is 775. The summed E-state index contributed by atoms with van der Waals surface area (Å²) in [5.41, 5.74) is 0.383. The van der Waals surface area contributed by atoms with Crippen molar-refractivity contribution in [3.05, 3.63) is 48.8 Å². The fraction of sp³-hybridized carbons (Fsp3) is 0.524. The monoisotopic (exact) mass is 383 g/mol. The molecule has 150 valence electrons. The highest BCUT2D eigenvalue weighted by atomic mass is 16.2. The lowest BCUT2D eigenvalue weighted by atomic mass is 9.85. The average Bonchev–Trinajstić information content (AvgIpc) is 3.20. The fourth-order valence-electron chi connectivity index (χ4n) is 3.43. The van der Waals surface area contributed by atoms with Crippen LogP contribution < -0.4 is 5.32 Å². The van der Waals surface area contributed by atoms with Gasteiger partial charge >= 0.3 is 0 Å². The molecule has 3 heterocycles. The number of carbonyl (C=O) groups is 2. The molecular formula is C21H29N5O2. The SMILES string of the molecule is CC(C)(C)C(Cn1ccnc1)NC(=O)C1CCN(C(=O)c2ccccn2)CC1. The maximum absolute atomic E-state index is 12.9. The highest BCUT2D eigenvalue weighted by Gasteiger charge is 2.32. The summed E-state index contributed by atoms with van der Waals surface area (Å²) < 4.78 is 1.99. The fourth-order valence-corrected chi connectivity index (χ4v) is 3.43. The van der Waals surface area contributed by atoms with E-state index >= 15 is 0 Å². The van der Waals surface area contributed by atoms with E-state index in [4.69, 9.17) is 0 Å². The second-order valence-electron chi connectivity index (χ2n) is 8.47. The zero-order chi connectivity index (χ0) is 20.1. The van der Waals surface area contributed by atoms with Crippen molar-refractivity contribution in [2.45, 2.75) is 46.2 Å². The Hall–Kier alpha value is -2.70. The summed E-state index contributed by atoms with van der Waals surface area (Å²) in [5.74, 6) is -0.0578. The van der Waals surface area contributed by atoms with E-state index in [1.807, 2.05) is 16.8 Å². The number of amides is 2. The molecule has 0 bridgehead atoms. The van der Waals surface area contributed by atoms with Crippen LogP contribution in [-0.4, -0.2) is 50.4 Å². The Morgan fingerprint density at radius 2 is 1.96 bits per heavy atom. The summed E-state index contributed by atoms with van der Waals surface area (Å²) in [5, 5.41) is 3.24. The summed E-state index contributed by atoms with van der Waals surface area (Å²) in [6, 6.07) is 5.34. The number of likely N-dealkylation sites (tertiary alicyclic amines) is 1. The molecular weight excluding hydrogens is 354 g/mol. The Labute approximate surface area is 166 Å². The van der Waals surface area contributed by atoms with Crippen molar-refractivity contribution in [2.75, 3.05) is 13.1 Å². The lowest BCUT2D eigenvalue weighted by molar-refractivity contribution is -0.128. The molecule has 3 rings (SSSR count). The van der Waals surface area contributed by atoms with Gasteiger partial charge in [0.15, 0.2) is 0 Å². The third-order valence-corrected chi connectivity index (χ3v) is 5.35. The molecule has 1 saturated heterocycles. The summed E-state index contributed by atoms with van der Waals surface area (Å²) in [7, 11) is 0. The van der Waals surface area contributed by atoms with Gasteiger partial charge in [-0.15, -0.1) is 0 Å². The molecule has 1 unspecified atom stereocenters. The summed E-state index contributed by atoms with van der Waals surface area (Å²) in [6.07, 6.45) is 8.40. The number of hydrogen-bond acceptors (Lipinski definition) is 4. The van der Waals surface area contributed by atoms with E-state index in [1.165, 1.54) is 0 Å². The number of rotatable bonds is 5. The molecule has 1 fully saturated rings. The van der Waals surface area contributed by atoms with E-state index in [0.29, 0.717) is 38.2 Å². The van der Waals surface area contributed by atoms with Crippen molar-refractivity contribution in [2.24, 2.45) is 11.3 Å². The smallest absolute Gasteiger partial charge is 0.272 e. The average molecular weight is 383 g/mol. The first-order chi connectivity index (χ1) is 13.3. The molecule has 0 aromatic carbocycles. The van der Waals surface area contributed by atoms with Gasteiger partial charge in [-0.3, -0.25) is 14.6 Å². The Kier molecular flexibility index (Phi) is 6.11. The summed E-state index contributed by atoms with van der Waals surface area (Å²) in [6.45, 7) is 8.23. The van der Waals surface area contributed by atoms with E-state index in [0.717, 1.165) is 0 Å². The summed E-state index contributed by atoms with van der Waals surface area (Å²) >= 11 is 0. The predicted octanol–water partition coefficient (Wildman–Crippen LogP) is 2.36. The highest BCUT2D eigenvalue weighted by molar-refractivity contribution is 5.92. The Morgan fingerprint density at radius 3 is 2.54 bits per heavy atom. The third-order valence-electron chi connectivity index (χ3n) is 5.35. The maximum atomic E-state index is 12.9. The van der Waals surface area contributed by atoms with Crippen LogP contribution in [-0.2, 0) is 11.3 Å².